The normalized spacial score (nSPS) is 24.3. The van der Waals surface area contributed by atoms with Crippen LogP contribution in [0.1, 0.15) is 51.3 Å². The lowest BCUT2D eigenvalue weighted by Crippen LogP contribution is -2.17. The highest BCUT2D eigenvalue weighted by molar-refractivity contribution is 5.42. The molecule has 1 aliphatic rings. The SMILES string of the molecule is COc1ccc(C(C)(C)C)cc1[C@@H]1C[C@@H](C)CN1. The molecule has 2 heteroatoms. The Kier molecular flexibility index (Phi) is 3.67. The molecule has 18 heavy (non-hydrogen) atoms. The molecule has 0 aliphatic carbocycles. The second kappa shape index (κ2) is 4.93. The minimum absolute atomic E-state index is 0.186. The molecule has 1 fully saturated rings. The van der Waals surface area contributed by atoms with Gasteiger partial charge in [0.25, 0.3) is 0 Å². The van der Waals surface area contributed by atoms with Crippen molar-refractivity contribution in [2.75, 3.05) is 13.7 Å². The molecule has 100 valence electrons. The van der Waals surface area contributed by atoms with E-state index in [1.807, 2.05) is 0 Å². The van der Waals surface area contributed by atoms with E-state index in [1.54, 1.807) is 7.11 Å². The van der Waals surface area contributed by atoms with E-state index in [-0.39, 0.29) is 5.41 Å². The molecule has 2 rings (SSSR count). The van der Waals surface area contributed by atoms with Gasteiger partial charge in [0.2, 0.25) is 0 Å². The van der Waals surface area contributed by atoms with Gasteiger partial charge in [-0.2, -0.15) is 0 Å². The van der Waals surface area contributed by atoms with Crippen LogP contribution in [0.25, 0.3) is 0 Å². The summed E-state index contributed by atoms with van der Waals surface area (Å²) in [4.78, 5) is 0. The van der Waals surface area contributed by atoms with E-state index in [2.05, 4.69) is 51.2 Å². The number of rotatable bonds is 2. The summed E-state index contributed by atoms with van der Waals surface area (Å²) in [5, 5.41) is 3.60. The van der Waals surface area contributed by atoms with Crippen LogP contribution in [0.4, 0.5) is 0 Å². The summed E-state index contributed by atoms with van der Waals surface area (Å²) in [5.74, 6) is 1.76. The predicted molar refractivity (Wildman–Crippen MR) is 76.2 cm³/mol. The number of ether oxygens (including phenoxy) is 1. The molecule has 0 amide bonds. The van der Waals surface area contributed by atoms with Gasteiger partial charge in [-0.05, 0) is 42.0 Å². The molecule has 2 nitrogen and oxygen atoms in total. The van der Waals surface area contributed by atoms with Crippen molar-refractivity contribution in [2.24, 2.45) is 5.92 Å². The van der Waals surface area contributed by atoms with Crippen molar-refractivity contribution >= 4 is 0 Å². The van der Waals surface area contributed by atoms with Crippen molar-refractivity contribution in [3.05, 3.63) is 29.3 Å². The van der Waals surface area contributed by atoms with E-state index in [0.29, 0.717) is 6.04 Å². The highest BCUT2D eigenvalue weighted by Gasteiger charge is 2.26. The van der Waals surface area contributed by atoms with E-state index in [0.717, 1.165) is 18.2 Å². The quantitative estimate of drug-likeness (QED) is 0.861. The summed E-state index contributed by atoms with van der Waals surface area (Å²) in [6.45, 7) is 10.2. The van der Waals surface area contributed by atoms with Gasteiger partial charge in [0, 0.05) is 11.6 Å². The van der Waals surface area contributed by atoms with Gasteiger partial charge in [-0.15, -0.1) is 0 Å². The van der Waals surface area contributed by atoms with Crippen LogP contribution in [0.15, 0.2) is 18.2 Å². The Bertz CT molecular complexity index is 420. The minimum atomic E-state index is 0.186. The van der Waals surface area contributed by atoms with E-state index in [9.17, 15) is 0 Å². The Morgan fingerprint density at radius 2 is 2.00 bits per heavy atom. The second-order valence-corrected chi connectivity index (χ2v) is 6.51. The third-order valence-electron chi connectivity index (χ3n) is 3.82. The molecule has 1 heterocycles. The fourth-order valence-electron chi connectivity index (χ4n) is 2.62. The maximum absolute atomic E-state index is 5.52. The standard InChI is InChI=1S/C16H25NO/c1-11-8-14(17-10-11)13-9-12(16(2,3)4)6-7-15(13)18-5/h6-7,9,11,14,17H,8,10H2,1-5H3/t11-,14+/m1/s1. The lowest BCUT2D eigenvalue weighted by Gasteiger charge is -2.23. The van der Waals surface area contributed by atoms with Gasteiger partial charge in [-0.3, -0.25) is 0 Å². The van der Waals surface area contributed by atoms with Crippen molar-refractivity contribution in [2.45, 2.75) is 45.6 Å². The average molecular weight is 247 g/mol. The molecule has 1 aromatic carbocycles. The molecule has 1 aliphatic heterocycles. The summed E-state index contributed by atoms with van der Waals surface area (Å²) >= 11 is 0. The van der Waals surface area contributed by atoms with Crippen molar-refractivity contribution < 1.29 is 4.74 Å². The lowest BCUT2D eigenvalue weighted by atomic mass is 9.85. The first-order valence-corrected chi connectivity index (χ1v) is 6.83. The van der Waals surface area contributed by atoms with Crippen molar-refractivity contribution in [1.29, 1.82) is 0 Å². The highest BCUT2D eigenvalue weighted by Crippen LogP contribution is 2.36. The van der Waals surface area contributed by atoms with Gasteiger partial charge in [-0.1, -0.05) is 33.8 Å². The van der Waals surface area contributed by atoms with Crippen molar-refractivity contribution in [3.63, 3.8) is 0 Å². The van der Waals surface area contributed by atoms with Crippen molar-refractivity contribution in [1.82, 2.24) is 5.32 Å². The Morgan fingerprint density at radius 1 is 1.28 bits per heavy atom. The molecule has 0 unspecified atom stereocenters. The third kappa shape index (κ3) is 2.69. The molecular formula is C16H25NO. The van der Waals surface area contributed by atoms with Gasteiger partial charge >= 0.3 is 0 Å². The fourth-order valence-corrected chi connectivity index (χ4v) is 2.62. The number of nitrogens with one attached hydrogen (secondary N) is 1. The maximum Gasteiger partial charge on any atom is 0.123 e. The highest BCUT2D eigenvalue weighted by atomic mass is 16.5. The molecular weight excluding hydrogens is 222 g/mol. The van der Waals surface area contributed by atoms with Crippen LogP contribution in [0.3, 0.4) is 0 Å². The summed E-state index contributed by atoms with van der Waals surface area (Å²) in [6.07, 6.45) is 1.20. The smallest absolute Gasteiger partial charge is 0.123 e. The summed E-state index contributed by atoms with van der Waals surface area (Å²) in [6, 6.07) is 7.05. The Hall–Kier alpha value is -1.02. The van der Waals surface area contributed by atoms with Crippen LogP contribution in [-0.2, 0) is 5.41 Å². The van der Waals surface area contributed by atoms with Crippen molar-refractivity contribution in [3.8, 4) is 5.75 Å². The number of hydrogen-bond acceptors (Lipinski definition) is 2. The van der Waals surface area contributed by atoms with Crippen LogP contribution in [0.2, 0.25) is 0 Å². The zero-order chi connectivity index (χ0) is 13.3. The fraction of sp³-hybridized carbons (Fsp3) is 0.625. The summed E-state index contributed by atoms with van der Waals surface area (Å²) < 4.78 is 5.52. The van der Waals surface area contributed by atoms with E-state index < -0.39 is 0 Å². The molecule has 0 aromatic heterocycles. The molecule has 0 spiro atoms. The zero-order valence-corrected chi connectivity index (χ0v) is 12.2. The topological polar surface area (TPSA) is 21.3 Å². The van der Waals surface area contributed by atoms with E-state index in [1.165, 1.54) is 17.5 Å². The van der Waals surface area contributed by atoms with Gasteiger partial charge < -0.3 is 10.1 Å². The van der Waals surface area contributed by atoms with Gasteiger partial charge in [0.15, 0.2) is 0 Å². The molecule has 0 radical (unpaired) electrons. The average Bonchev–Trinajstić information content (AvgIpc) is 2.73. The zero-order valence-electron chi connectivity index (χ0n) is 12.2. The van der Waals surface area contributed by atoms with Crippen LogP contribution < -0.4 is 10.1 Å². The van der Waals surface area contributed by atoms with Crippen LogP contribution >= 0.6 is 0 Å². The van der Waals surface area contributed by atoms with Crippen LogP contribution in [0, 0.1) is 5.92 Å². The number of methoxy groups -OCH3 is 1. The molecule has 0 saturated carbocycles. The van der Waals surface area contributed by atoms with Crippen LogP contribution in [0.5, 0.6) is 5.75 Å². The molecule has 1 aromatic rings. The Labute approximate surface area is 111 Å². The predicted octanol–water partition coefficient (Wildman–Crippen LogP) is 3.66. The molecule has 0 bridgehead atoms. The Balaban J connectivity index is 2.37. The molecule has 1 N–H and O–H groups in total. The van der Waals surface area contributed by atoms with Gasteiger partial charge in [-0.25, -0.2) is 0 Å². The Morgan fingerprint density at radius 3 is 2.50 bits per heavy atom. The lowest BCUT2D eigenvalue weighted by molar-refractivity contribution is 0.402. The number of benzene rings is 1. The largest absolute Gasteiger partial charge is 0.496 e. The monoisotopic (exact) mass is 247 g/mol. The van der Waals surface area contributed by atoms with E-state index in [4.69, 9.17) is 4.74 Å². The minimum Gasteiger partial charge on any atom is -0.496 e. The maximum atomic E-state index is 5.52. The summed E-state index contributed by atoms with van der Waals surface area (Å²) in [5.41, 5.74) is 2.87. The van der Waals surface area contributed by atoms with Gasteiger partial charge in [0.1, 0.15) is 5.75 Å². The molecule has 1 saturated heterocycles. The van der Waals surface area contributed by atoms with E-state index >= 15 is 0 Å². The first-order chi connectivity index (χ1) is 8.41. The molecule has 2 atom stereocenters. The first kappa shape index (κ1) is 13.4. The van der Waals surface area contributed by atoms with Gasteiger partial charge in [0.05, 0.1) is 7.11 Å². The third-order valence-corrected chi connectivity index (χ3v) is 3.82. The number of hydrogen-bond donors (Lipinski definition) is 1. The second-order valence-electron chi connectivity index (χ2n) is 6.51. The summed E-state index contributed by atoms with van der Waals surface area (Å²) in [7, 11) is 1.76. The first-order valence-electron chi connectivity index (χ1n) is 6.83. The van der Waals surface area contributed by atoms with Crippen LogP contribution in [-0.4, -0.2) is 13.7 Å².